The van der Waals surface area contributed by atoms with Gasteiger partial charge in [-0.1, -0.05) is 0 Å². The molecule has 0 unspecified atom stereocenters. The highest BCUT2D eigenvalue weighted by Gasteiger charge is 2.10. The van der Waals surface area contributed by atoms with Crippen LogP contribution in [0.25, 0.3) is 0 Å². The van der Waals surface area contributed by atoms with E-state index in [1.165, 1.54) is 0 Å². The van der Waals surface area contributed by atoms with Gasteiger partial charge in [-0.15, -0.1) is 0 Å². The molecule has 1 amide bonds. The first-order valence-corrected chi connectivity index (χ1v) is 6.17. The van der Waals surface area contributed by atoms with Crippen molar-refractivity contribution in [3.8, 4) is 5.75 Å². The summed E-state index contributed by atoms with van der Waals surface area (Å²) in [6.45, 7) is 6.91. The fourth-order valence-corrected chi connectivity index (χ4v) is 1.53. The highest BCUT2D eigenvalue weighted by atomic mass is 16.5. The third kappa shape index (κ3) is 4.04. The zero-order valence-electron chi connectivity index (χ0n) is 11.4. The maximum absolute atomic E-state index is 11.6. The molecule has 0 heterocycles. The van der Waals surface area contributed by atoms with Crippen LogP contribution in [0.5, 0.6) is 5.75 Å². The Labute approximate surface area is 108 Å². The Balaban J connectivity index is 2.95. The first-order valence-electron chi connectivity index (χ1n) is 6.17. The van der Waals surface area contributed by atoms with Crippen molar-refractivity contribution in [2.45, 2.75) is 33.5 Å². The lowest BCUT2D eigenvalue weighted by atomic mass is 10.1. The summed E-state index contributed by atoms with van der Waals surface area (Å²) < 4.78 is 11.1. The van der Waals surface area contributed by atoms with Gasteiger partial charge in [0.1, 0.15) is 5.75 Å². The van der Waals surface area contributed by atoms with Gasteiger partial charge in [0.2, 0.25) is 0 Å². The van der Waals surface area contributed by atoms with Gasteiger partial charge in [-0.2, -0.15) is 0 Å². The summed E-state index contributed by atoms with van der Waals surface area (Å²) in [6, 6.07) is 5.38. The van der Waals surface area contributed by atoms with E-state index in [-0.39, 0.29) is 12.0 Å². The summed E-state index contributed by atoms with van der Waals surface area (Å²) in [7, 11) is 1.61. The lowest BCUT2D eigenvalue weighted by Gasteiger charge is -2.13. The summed E-state index contributed by atoms with van der Waals surface area (Å²) in [5.74, 6) is 0.662. The molecule has 18 heavy (non-hydrogen) atoms. The molecule has 0 saturated carbocycles. The van der Waals surface area contributed by atoms with E-state index in [9.17, 15) is 4.79 Å². The van der Waals surface area contributed by atoms with Crippen LogP contribution in [-0.4, -0.2) is 25.7 Å². The number of hydrogen-bond donors (Lipinski definition) is 1. The number of hydrogen-bond acceptors (Lipinski definition) is 3. The first-order chi connectivity index (χ1) is 8.58. The van der Waals surface area contributed by atoms with Gasteiger partial charge in [0.15, 0.2) is 0 Å². The first kappa shape index (κ1) is 14.5. The predicted molar refractivity (Wildman–Crippen MR) is 70.9 cm³/mol. The molecule has 1 aromatic rings. The van der Waals surface area contributed by atoms with Crippen LogP contribution < -0.4 is 10.1 Å². The Bertz CT molecular complexity index is 402. The third-order valence-electron chi connectivity index (χ3n) is 2.42. The van der Waals surface area contributed by atoms with Crippen molar-refractivity contribution >= 4 is 5.91 Å². The normalized spacial score (nSPS) is 10.5. The molecule has 0 atom stereocenters. The van der Waals surface area contributed by atoms with Crippen LogP contribution in [-0.2, 0) is 11.3 Å². The number of nitrogens with one attached hydrogen (secondary N) is 1. The summed E-state index contributed by atoms with van der Waals surface area (Å²) >= 11 is 0. The largest absolute Gasteiger partial charge is 0.494 e. The van der Waals surface area contributed by atoms with Crippen molar-refractivity contribution in [1.82, 2.24) is 5.32 Å². The lowest BCUT2D eigenvalue weighted by Crippen LogP contribution is -2.18. The molecule has 0 radical (unpaired) electrons. The van der Waals surface area contributed by atoms with Crippen molar-refractivity contribution in [3.05, 3.63) is 29.3 Å². The minimum Gasteiger partial charge on any atom is -0.494 e. The van der Waals surface area contributed by atoms with E-state index < -0.39 is 0 Å². The zero-order valence-corrected chi connectivity index (χ0v) is 11.4. The van der Waals surface area contributed by atoms with Crippen LogP contribution in [0.3, 0.4) is 0 Å². The molecular formula is C14H21NO3. The maximum Gasteiger partial charge on any atom is 0.251 e. The second-order valence-electron chi connectivity index (χ2n) is 4.19. The summed E-state index contributed by atoms with van der Waals surface area (Å²) in [5, 5.41) is 2.60. The van der Waals surface area contributed by atoms with Crippen LogP contribution in [0.15, 0.2) is 18.2 Å². The van der Waals surface area contributed by atoms with Crippen LogP contribution in [0.4, 0.5) is 0 Å². The predicted octanol–water partition coefficient (Wildman–Crippen LogP) is 2.37. The van der Waals surface area contributed by atoms with E-state index in [1.807, 2.05) is 32.9 Å². The molecule has 0 aliphatic carbocycles. The maximum atomic E-state index is 11.6. The molecule has 100 valence electrons. The van der Waals surface area contributed by atoms with Crippen LogP contribution >= 0.6 is 0 Å². The van der Waals surface area contributed by atoms with Crippen molar-refractivity contribution in [3.63, 3.8) is 0 Å². The molecule has 0 fully saturated rings. The number of ether oxygens (including phenoxy) is 2. The van der Waals surface area contributed by atoms with Crippen molar-refractivity contribution in [2.75, 3.05) is 13.7 Å². The average Bonchev–Trinajstić information content (AvgIpc) is 2.36. The Hall–Kier alpha value is -1.55. The standard InChI is InChI=1S/C14H21NO3/c1-5-17-13-7-6-11(14(16)15-4)8-12(13)9-18-10(2)3/h6-8,10H,5,9H2,1-4H3,(H,15,16). The quantitative estimate of drug-likeness (QED) is 0.844. The molecule has 1 rings (SSSR count). The van der Waals surface area contributed by atoms with E-state index >= 15 is 0 Å². The van der Waals surface area contributed by atoms with E-state index in [4.69, 9.17) is 9.47 Å². The van der Waals surface area contributed by atoms with E-state index in [1.54, 1.807) is 13.1 Å². The van der Waals surface area contributed by atoms with Crippen molar-refractivity contribution in [1.29, 1.82) is 0 Å². The number of amides is 1. The minimum absolute atomic E-state index is 0.108. The van der Waals surface area contributed by atoms with E-state index in [2.05, 4.69) is 5.32 Å². The molecule has 1 aromatic carbocycles. The Kier molecular flexibility index (Phi) is 5.65. The Morgan fingerprint density at radius 2 is 2.11 bits per heavy atom. The van der Waals surface area contributed by atoms with Crippen LogP contribution in [0, 0.1) is 0 Å². The highest BCUT2D eigenvalue weighted by molar-refractivity contribution is 5.94. The van der Waals surface area contributed by atoms with Gasteiger partial charge in [-0.05, 0) is 39.0 Å². The molecule has 0 aliphatic rings. The lowest BCUT2D eigenvalue weighted by molar-refractivity contribution is 0.0641. The second-order valence-corrected chi connectivity index (χ2v) is 4.19. The van der Waals surface area contributed by atoms with Crippen LogP contribution in [0.2, 0.25) is 0 Å². The van der Waals surface area contributed by atoms with Gasteiger partial charge in [0.25, 0.3) is 5.91 Å². The summed E-state index contributed by atoms with van der Waals surface area (Å²) in [6.07, 6.45) is 0.142. The average molecular weight is 251 g/mol. The van der Waals surface area contributed by atoms with Gasteiger partial charge < -0.3 is 14.8 Å². The second kappa shape index (κ2) is 7.01. The van der Waals surface area contributed by atoms with Crippen LogP contribution in [0.1, 0.15) is 36.7 Å². The molecule has 0 saturated heterocycles. The fourth-order valence-electron chi connectivity index (χ4n) is 1.53. The summed E-state index contributed by atoms with van der Waals surface area (Å²) in [4.78, 5) is 11.6. The highest BCUT2D eigenvalue weighted by Crippen LogP contribution is 2.21. The van der Waals surface area contributed by atoms with Crippen molar-refractivity contribution in [2.24, 2.45) is 0 Å². The SMILES string of the molecule is CCOc1ccc(C(=O)NC)cc1COC(C)C. The number of carbonyl (C=O) groups excluding carboxylic acids is 1. The minimum atomic E-state index is -0.108. The van der Waals surface area contributed by atoms with Crippen molar-refractivity contribution < 1.29 is 14.3 Å². The molecular weight excluding hydrogens is 230 g/mol. The third-order valence-corrected chi connectivity index (χ3v) is 2.42. The van der Waals surface area contributed by atoms with Gasteiger partial charge in [0, 0.05) is 18.2 Å². The number of benzene rings is 1. The molecule has 0 spiro atoms. The number of rotatable bonds is 6. The fraction of sp³-hybridized carbons (Fsp3) is 0.500. The van der Waals surface area contributed by atoms with Gasteiger partial charge in [-0.25, -0.2) is 0 Å². The molecule has 0 aromatic heterocycles. The molecule has 1 N–H and O–H groups in total. The zero-order chi connectivity index (χ0) is 13.5. The van der Waals surface area contributed by atoms with E-state index in [0.29, 0.717) is 18.8 Å². The molecule has 0 bridgehead atoms. The van der Waals surface area contributed by atoms with Gasteiger partial charge in [0.05, 0.1) is 19.3 Å². The molecule has 4 nitrogen and oxygen atoms in total. The smallest absolute Gasteiger partial charge is 0.251 e. The molecule has 0 aliphatic heterocycles. The topological polar surface area (TPSA) is 47.6 Å². The van der Waals surface area contributed by atoms with E-state index in [0.717, 1.165) is 11.3 Å². The summed E-state index contributed by atoms with van der Waals surface area (Å²) in [5.41, 5.74) is 1.51. The molecule has 4 heteroatoms. The van der Waals surface area contributed by atoms with Gasteiger partial charge in [-0.3, -0.25) is 4.79 Å². The van der Waals surface area contributed by atoms with Gasteiger partial charge >= 0.3 is 0 Å². The Morgan fingerprint density at radius 3 is 2.67 bits per heavy atom. The number of carbonyl (C=O) groups is 1. The Morgan fingerprint density at radius 1 is 1.39 bits per heavy atom. The monoisotopic (exact) mass is 251 g/mol.